The molecule has 148 valence electrons. The summed E-state index contributed by atoms with van der Waals surface area (Å²) < 4.78 is 24.6. The van der Waals surface area contributed by atoms with Gasteiger partial charge in [0.2, 0.25) is 10.0 Å². The van der Waals surface area contributed by atoms with Crippen LogP contribution in [0.2, 0.25) is 5.02 Å². The number of hydrogen-bond donors (Lipinski definition) is 2. The second-order valence-corrected chi connectivity index (χ2v) is 8.30. The lowest BCUT2D eigenvalue weighted by molar-refractivity contribution is 0.172. The van der Waals surface area contributed by atoms with E-state index in [0.29, 0.717) is 13.1 Å². The summed E-state index contributed by atoms with van der Waals surface area (Å²) in [5.41, 5.74) is 1.26. The first kappa shape index (κ1) is 23.4. The monoisotopic (exact) mass is 515 g/mol. The van der Waals surface area contributed by atoms with Crippen LogP contribution in [0.3, 0.4) is 0 Å². The molecule has 0 amide bonds. The number of halogens is 2. The first-order valence-electron chi connectivity index (χ1n) is 8.24. The van der Waals surface area contributed by atoms with Gasteiger partial charge in [-0.3, -0.25) is 9.89 Å². The van der Waals surface area contributed by atoms with Gasteiger partial charge >= 0.3 is 0 Å². The number of nitrogens with zero attached hydrogens (tertiary/aromatic N) is 3. The van der Waals surface area contributed by atoms with Crippen LogP contribution in [0, 0.1) is 0 Å². The Morgan fingerprint density at radius 1 is 1.15 bits per heavy atom. The molecule has 1 heterocycles. The van der Waals surface area contributed by atoms with Crippen molar-refractivity contribution in [3.63, 3.8) is 0 Å². The van der Waals surface area contributed by atoms with Crippen molar-refractivity contribution in [2.24, 2.45) is 4.99 Å². The fourth-order valence-corrected chi connectivity index (χ4v) is 3.31. The van der Waals surface area contributed by atoms with Gasteiger partial charge < -0.3 is 10.2 Å². The SMILES string of the molecule is CN=C(NCCNS(C)(=O)=O)N1CCN(Cc2ccc(Cl)cc2)CC1.I. The highest BCUT2D eigenvalue weighted by molar-refractivity contribution is 14.0. The van der Waals surface area contributed by atoms with E-state index in [1.54, 1.807) is 7.05 Å². The molecule has 0 aromatic heterocycles. The summed E-state index contributed by atoms with van der Waals surface area (Å²) in [5, 5.41) is 3.96. The summed E-state index contributed by atoms with van der Waals surface area (Å²) in [5.74, 6) is 0.807. The number of rotatable bonds is 6. The lowest BCUT2D eigenvalue weighted by Gasteiger charge is -2.36. The maximum Gasteiger partial charge on any atom is 0.208 e. The number of hydrogen-bond acceptors (Lipinski definition) is 4. The fraction of sp³-hybridized carbons (Fsp3) is 0.562. The van der Waals surface area contributed by atoms with Crippen LogP contribution >= 0.6 is 35.6 Å². The third-order valence-electron chi connectivity index (χ3n) is 3.98. The molecule has 1 aliphatic rings. The quantitative estimate of drug-likeness (QED) is 0.258. The molecule has 0 saturated carbocycles. The van der Waals surface area contributed by atoms with E-state index in [1.807, 2.05) is 12.1 Å². The third-order valence-corrected chi connectivity index (χ3v) is 4.96. The molecule has 0 atom stereocenters. The predicted molar refractivity (Wildman–Crippen MR) is 118 cm³/mol. The molecule has 2 N–H and O–H groups in total. The zero-order valence-corrected chi connectivity index (χ0v) is 19.0. The summed E-state index contributed by atoms with van der Waals surface area (Å²) in [6.07, 6.45) is 1.15. The van der Waals surface area contributed by atoms with Crippen molar-refractivity contribution in [3.8, 4) is 0 Å². The minimum atomic E-state index is -3.15. The topological polar surface area (TPSA) is 77.0 Å². The van der Waals surface area contributed by atoms with E-state index in [1.165, 1.54) is 5.56 Å². The van der Waals surface area contributed by atoms with Gasteiger partial charge in [-0.05, 0) is 17.7 Å². The molecule has 0 spiro atoms. The average Bonchev–Trinajstić information content (AvgIpc) is 2.57. The smallest absolute Gasteiger partial charge is 0.208 e. The molecule has 7 nitrogen and oxygen atoms in total. The van der Waals surface area contributed by atoms with E-state index in [-0.39, 0.29) is 24.0 Å². The van der Waals surface area contributed by atoms with Gasteiger partial charge in [0.25, 0.3) is 0 Å². The van der Waals surface area contributed by atoms with Crippen LogP contribution < -0.4 is 10.0 Å². The summed E-state index contributed by atoms with van der Waals surface area (Å²) in [7, 11) is -1.41. The highest BCUT2D eigenvalue weighted by atomic mass is 127. The Balaban J connectivity index is 0.00000338. The molecular weight excluding hydrogens is 489 g/mol. The van der Waals surface area contributed by atoms with Gasteiger partial charge in [-0.1, -0.05) is 23.7 Å². The Morgan fingerprint density at radius 3 is 2.31 bits per heavy atom. The minimum absolute atomic E-state index is 0. The van der Waals surface area contributed by atoms with Gasteiger partial charge in [0.15, 0.2) is 5.96 Å². The zero-order chi connectivity index (χ0) is 18.3. The maximum atomic E-state index is 11.1. The van der Waals surface area contributed by atoms with Gasteiger partial charge in [0, 0.05) is 57.9 Å². The number of nitrogens with one attached hydrogen (secondary N) is 2. The Kier molecular flexibility index (Phi) is 10.2. The molecule has 1 fully saturated rings. The third kappa shape index (κ3) is 8.38. The first-order valence-corrected chi connectivity index (χ1v) is 10.5. The van der Waals surface area contributed by atoms with Gasteiger partial charge in [-0.25, -0.2) is 13.1 Å². The van der Waals surface area contributed by atoms with Gasteiger partial charge in [-0.2, -0.15) is 0 Å². The summed E-state index contributed by atoms with van der Waals surface area (Å²) in [6.45, 7) is 5.42. The van der Waals surface area contributed by atoms with E-state index >= 15 is 0 Å². The van der Waals surface area contributed by atoms with Crippen molar-refractivity contribution in [1.29, 1.82) is 0 Å². The number of benzene rings is 1. The first-order chi connectivity index (χ1) is 11.9. The van der Waals surface area contributed by atoms with E-state index < -0.39 is 10.0 Å². The standard InChI is InChI=1S/C16H26ClN5O2S.HI/c1-18-16(19-7-8-20-25(2,23)24)22-11-9-21(10-12-22)13-14-3-5-15(17)6-4-14;/h3-6,20H,7-13H2,1-2H3,(H,18,19);1H. The van der Waals surface area contributed by atoms with Crippen molar-refractivity contribution < 1.29 is 8.42 Å². The Hall–Kier alpha value is -0.620. The molecule has 1 saturated heterocycles. The molecular formula is C16H27ClIN5O2S. The van der Waals surface area contributed by atoms with Crippen molar-refractivity contribution in [1.82, 2.24) is 19.8 Å². The van der Waals surface area contributed by atoms with Crippen LogP contribution in [0.1, 0.15) is 5.56 Å². The number of sulfonamides is 1. The highest BCUT2D eigenvalue weighted by Gasteiger charge is 2.19. The molecule has 10 heteroatoms. The minimum Gasteiger partial charge on any atom is -0.355 e. The Bertz CT molecular complexity index is 676. The molecule has 1 aromatic carbocycles. The van der Waals surface area contributed by atoms with Crippen LogP contribution in [0.15, 0.2) is 29.3 Å². The van der Waals surface area contributed by atoms with Crippen molar-refractivity contribution in [3.05, 3.63) is 34.9 Å². The number of guanidine groups is 1. The number of piperazine rings is 1. The molecule has 26 heavy (non-hydrogen) atoms. The van der Waals surface area contributed by atoms with Crippen LogP contribution in [-0.2, 0) is 16.6 Å². The van der Waals surface area contributed by atoms with Crippen molar-refractivity contribution >= 4 is 51.6 Å². The Morgan fingerprint density at radius 2 is 1.77 bits per heavy atom. The predicted octanol–water partition coefficient (Wildman–Crippen LogP) is 1.20. The van der Waals surface area contributed by atoms with Crippen molar-refractivity contribution in [2.45, 2.75) is 6.54 Å². The largest absolute Gasteiger partial charge is 0.355 e. The van der Waals surface area contributed by atoms with E-state index in [9.17, 15) is 8.42 Å². The Labute approximate surface area is 178 Å². The molecule has 1 aromatic rings. The second kappa shape index (κ2) is 11.3. The van der Waals surface area contributed by atoms with Gasteiger partial charge in [-0.15, -0.1) is 24.0 Å². The summed E-state index contributed by atoms with van der Waals surface area (Å²) in [6, 6.07) is 7.96. The van der Waals surface area contributed by atoms with E-state index in [4.69, 9.17) is 11.6 Å². The summed E-state index contributed by atoms with van der Waals surface area (Å²) >= 11 is 5.92. The van der Waals surface area contributed by atoms with Crippen LogP contribution in [-0.4, -0.2) is 76.7 Å². The van der Waals surface area contributed by atoms with Crippen molar-refractivity contribution in [2.75, 3.05) is 52.6 Å². The maximum absolute atomic E-state index is 11.1. The van der Waals surface area contributed by atoms with Gasteiger partial charge in [0.05, 0.1) is 6.26 Å². The lowest BCUT2D eigenvalue weighted by atomic mass is 10.2. The molecule has 2 rings (SSSR count). The van der Waals surface area contributed by atoms with Crippen LogP contribution in [0.5, 0.6) is 0 Å². The van der Waals surface area contributed by atoms with Crippen LogP contribution in [0.4, 0.5) is 0 Å². The van der Waals surface area contributed by atoms with E-state index in [0.717, 1.165) is 50.0 Å². The highest BCUT2D eigenvalue weighted by Crippen LogP contribution is 2.13. The number of aliphatic imine (C=N–C) groups is 1. The van der Waals surface area contributed by atoms with Gasteiger partial charge in [0.1, 0.15) is 0 Å². The van der Waals surface area contributed by atoms with E-state index in [2.05, 4.69) is 37.0 Å². The summed E-state index contributed by atoms with van der Waals surface area (Å²) in [4.78, 5) is 8.88. The normalized spacial score (nSPS) is 16.3. The second-order valence-electron chi connectivity index (χ2n) is 6.03. The fourth-order valence-electron chi connectivity index (χ4n) is 2.71. The lowest BCUT2D eigenvalue weighted by Crippen LogP contribution is -2.52. The molecule has 1 aliphatic heterocycles. The average molecular weight is 516 g/mol. The zero-order valence-electron chi connectivity index (χ0n) is 15.1. The molecule has 0 unspecified atom stereocenters. The molecule has 0 aliphatic carbocycles. The molecule has 0 bridgehead atoms. The van der Waals surface area contributed by atoms with Crippen LogP contribution in [0.25, 0.3) is 0 Å². The molecule has 0 radical (unpaired) electrons.